The van der Waals surface area contributed by atoms with E-state index in [0.29, 0.717) is 16.7 Å². The number of ether oxygens (including phenoxy) is 1. The molecule has 0 aliphatic heterocycles. The van der Waals surface area contributed by atoms with Crippen LogP contribution in [0.3, 0.4) is 0 Å². The van der Waals surface area contributed by atoms with Gasteiger partial charge in [0.2, 0.25) is 0 Å². The lowest BCUT2D eigenvalue weighted by atomic mass is 9.66. The van der Waals surface area contributed by atoms with E-state index in [4.69, 9.17) is 4.74 Å². The lowest BCUT2D eigenvalue weighted by molar-refractivity contribution is 0.0936. The first-order valence-electron chi connectivity index (χ1n) is 5.90. The van der Waals surface area contributed by atoms with Crippen LogP contribution in [0.2, 0.25) is 0 Å². The monoisotopic (exact) mass is 206 g/mol. The van der Waals surface area contributed by atoms with Crippen LogP contribution >= 0.6 is 0 Å². The van der Waals surface area contributed by atoms with Crippen LogP contribution in [-0.2, 0) is 4.74 Å². The Morgan fingerprint density at radius 3 is 2.47 bits per heavy atom. The van der Waals surface area contributed by atoms with Crippen LogP contribution in [0.1, 0.15) is 40.0 Å². The molecule has 2 rings (SSSR count). The Kier molecular flexibility index (Phi) is 2.25. The Hall–Kier alpha value is -0.720. The van der Waals surface area contributed by atoms with E-state index in [-0.39, 0.29) is 0 Å². The van der Waals surface area contributed by atoms with E-state index in [9.17, 15) is 0 Å². The van der Waals surface area contributed by atoms with Gasteiger partial charge in [-0.15, -0.1) is 0 Å². The summed E-state index contributed by atoms with van der Waals surface area (Å²) in [5.41, 5.74) is 0.808. The first-order chi connectivity index (χ1) is 6.93. The number of hydrogen-bond donors (Lipinski definition) is 0. The van der Waals surface area contributed by atoms with Gasteiger partial charge in [0.25, 0.3) is 0 Å². The third kappa shape index (κ3) is 1.22. The summed E-state index contributed by atoms with van der Waals surface area (Å²) in [4.78, 5) is 0. The van der Waals surface area contributed by atoms with Crippen molar-refractivity contribution in [2.24, 2.45) is 22.7 Å². The lowest BCUT2D eigenvalue weighted by Crippen LogP contribution is -2.33. The smallest absolute Gasteiger partial charge is 0.0996 e. The van der Waals surface area contributed by atoms with Gasteiger partial charge in [0, 0.05) is 5.92 Å². The van der Waals surface area contributed by atoms with Crippen molar-refractivity contribution in [1.29, 1.82) is 0 Å². The molecule has 15 heavy (non-hydrogen) atoms. The third-order valence-electron chi connectivity index (χ3n) is 5.42. The fraction of sp³-hybridized carbons (Fsp3) is 0.714. The van der Waals surface area contributed by atoms with Crippen molar-refractivity contribution >= 4 is 0 Å². The van der Waals surface area contributed by atoms with Gasteiger partial charge in [-0.3, -0.25) is 0 Å². The molecule has 0 aromatic rings. The van der Waals surface area contributed by atoms with Crippen molar-refractivity contribution in [2.75, 3.05) is 0 Å². The maximum absolute atomic E-state index is 5.41. The molecule has 1 heteroatoms. The SMILES string of the molecule is C=COC(=C)C1CC2CCC1(C)C2(C)C. The Morgan fingerprint density at radius 1 is 1.40 bits per heavy atom. The second-order valence-electron chi connectivity index (χ2n) is 5.91. The molecule has 0 heterocycles. The van der Waals surface area contributed by atoms with Crippen LogP contribution in [0.5, 0.6) is 0 Å². The summed E-state index contributed by atoms with van der Waals surface area (Å²) in [6.07, 6.45) is 5.44. The van der Waals surface area contributed by atoms with Crippen LogP contribution in [0.15, 0.2) is 25.2 Å². The van der Waals surface area contributed by atoms with Crippen molar-refractivity contribution in [2.45, 2.75) is 40.0 Å². The molecule has 2 fully saturated rings. The van der Waals surface area contributed by atoms with Crippen LogP contribution in [-0.4, -0.2) is 0 Å². The Balaban J connectivity index is 2.26. The highest BCUT2D eigenvalue weighted by Crippen LogP contribution is 2.69. The Labute approximate surface area is 93.2 Å². The van der Waals surface area contributed by atoms with E-state index >= 15 is 0 Å². The van der Waals surface area contributed by atoms with Crippen LogP contribution in [0.25, 0.3) is 0 Å². The normalized spacial score (nSPS) is 41.5. The van der Waals surface area contributed by atoms with E-state index in [0.717, 1.165) is 11.7 Å². The molecular formula is C14H22O. The summed E-state index contributed by atoms with van der Waals surface area (Å²) in [6.45, 7) is 14.9. The molecule has 2 saturated carbocycles. The Bertz CT molecular complexity index is 302. The topological polar surface area (TPSA) is 9.23 Å². The molecule has 0 saturated heterocycles. The second kappa shape index (κ2) is 3.13. The second-order valence-corrected chi connectivity index (χ2v) is 5.91. The fourth-order valence-electron chi connectivity index (χ4n) is 3.88. The zero-order valence-corrected chi connectivity index (χ0v) is 10.2. The van der Waals surface area contributed by atoms with Crippen molar-refractivity contribution in [1.82, 2.24) is 0 Å². The minimum atomic E-state index is 0.373. The summed E-state index contributed by atoms with van der Waals surface area (Å²) in [5.74, 6) is 2.28. The minimum absolute atomic E-state index is 0.373. The van der Waals surface area contributed by atoms with E-state index in [2.05, 4.69) is 33.9 Å². The van der Waals surface area contributed by atoms with Gasteiger partial charge in [-0.25, -0.2) is 0 Å². The van der Waals surface area contributed by atoms with Crippen molar-refractivity contribution < 1.29 is 4.74 Å². The summed E-state index contributed by atoms with van der Waals surface area (Å²) in [7, 11) is 0. The van der Waals surface area contributed by atoms with Crippen molar-refractivity contribution in [3.05, 3.63) is 25.2 Å². The summed E-state index contributed by atoms with van der Waals surface area (Å²) < 4.78 is 5.41. The Morgan fingerprint density at radius 2 is 2.07 bits per heavy atom. The molecule has 0 amide bonds. The van der Waals surface area contributed by atoms with Crippen LogP contribution < -0.4 is 0 Å². The van der Waals surface area contributed by atoms with E-state index in [1.165, 1.54) is 25.5 Å². The molecule has 0 spiro atoms. The highest BCUT2D eigenvalue weighted by atomic mass is 16.5. The highest BCUT2D eigenvalue weighted by molar-refractivity contribution is 5.17. The van der Waals surface area contributed by atoms with Gasteiger partial charge in [0.15, 0.2) is 0 Å². The first-order valence-corrected chi connectivity index (χ1v) is 5.90. The lowest BCUT2D eigenvalue weighted by Gasteiger charge is -2.39. The molecule has 0 aromatic heterocycles. The van der Waals surface area contributed by atoms with Gasteiger partial charge in [0.1, 0.15) is 0 Å². The van der Waals surface area contributed by atoms with Gasteiger partial charge in [-0.05, 0) is 36.0 Å². The molecule has 84 valence electrons. The molecule has 1 nitrogen and oxygen atoms in total. The van der Waals surface area contributed by atoms with Gasteiger partial charge in [0.05, 0.1) is 12.0 Å². The molecule has 0 aromatic carbocycles. The summed E-state index contributed by atoms with van der Waals surface area (Å²) >= 11 is 0. The number of fused-ring (bicyclic) bond motifs is 2. The van der Waals surface area contributed by atoms with Crippen LogP contribution in [0, 0.1) is 22.7 Å². The van der Waals surface area contributed by atoms with Gasteiger partial charge in [-0.2, -0.15) is 0 Å². The maximum Gasteiger partial charge on any atom is 0.0996 e. The van der Waals surface area contributed by atoms with Gasteiger partial charge in [-0.1, -0.05) is 33.9 Å². The van der Waals surface area contributed by atoms with Gasteiger partial charge >= 0.3 is 0 Å². The molecule has 3 unspecified atom stereocenters. The van der Waals surface area contributed by atoms with Crippen molar-refractivity contribution in [3.63, 3.8) is 0 Å². The average molecular weight is 206 g/mol. The molecule has 3 atom stereocenters. The fourth-order valence-corrected chi connectivity index (χ4v) is 3.88. The summed E-state index contributed by atoms with van der Waals surface area (Å²) in [5, 5.41) is 0. The molecule has 2 aliphatic rings. The predicted octanol–water partition coefficient (Wildman–Crippen LogP) is 4.12. The quantitative estimate of drug-likeness (QED) is 0.631. The standard InChI is InChI=1S/C14H22O/c1-6-15-10(2)12-9-11-7-8-14(12,5)13(11,3)4/h6,11-12H,1-2,7-9H2,3-5H3. The number of allylic oxidation sites excluding steroid dienone is 1. The van der Waals surface area contributed by atoms with Gasteiger partial charge < -0.3 is 4.74 Å². The zero-order valence-electron chi connectivity index (χ0n) is 10.2. The average Bonchev–Trinajstić information content (AvgIpc) is 2.49. The van der Waals surface area contributed by atoms with Crippen molar-refractivity contribution in [3.8, 4) is 0 Å². The predicted molar refractivity (Wildman–Crippen MR) is 63.1 cm³/mol. The van der Waals surface area contributed by atoms with E-state index < -0.39 is 0 Å². The third-order valence-corrected chi connectivity index (χ3v) is 5.42. The van der Waals surface area contributed by atoms with E-state index in [1.54, 1.807) is 0 Å². The number of rotatable bonds is 3. The molecular weight excluding hydrogens is 184 g/mol. The number of hydrogen-bond acceptors (Lipinski definition) is 1. The minimum Gasteiger partial charge on any atom is -0.470 e. The molecule has 2 bridgehead atoms. The highest BCUT2D eigenvalue weighted by Gasteiger charge is 2.62. The largest absolute Gasteiger partial charge is 0.470 e. The summed E-state index contributed by atoms with van der Waals surface area (Å²) in [6, 6.07) is 0. The van der Waals surface area contributed by atoms with Crippen LogP contribution in [0.4, 0.5) is 0 Å². The molecule has 2 aliphatic carbocycles. The van der Waals surface area contributed by atoms with E-state index in [1.807, 2.05) is 0 Å². The maximum atomic E-state index is 5.41. The molecule has 0 N–H and O–H groups in total. The molecule has 0 radical (unpaired) electrons. The first kappa shape index (κ1) is 10.8. The zero-order chi connectivity index (χ0) is 11.3.